The van der Waals surface area contributed by atoms with Crippen molar-refractivity contribution in [1.29, 1.82) is 0 Å². The van der Waals surface area contributed by atoms with Crippen LogP contribution in [-0.2, 0) is 21.9 Å². The molecule has 3 rings (SSSR count). The maximum atomic E-state index is 15.1. The Morgan fingerprint density at radius 3 is 2.30 bits per heavy atom. The molecule has 138 valence electrons. The molecule has 2 aromatic carbocycles. The van der Waals surface area contributed by atoms with Gasteiger partial charge in [-0.3, -0.25) is 9.78 Å². The van der Waals surface area contributed by atoms with Crippen LogP contribution in [0.2, 0.25) is 0 Å². The average molecular weight is 371 g/mol. The van der Waals surface area contributed by atoms with E-state index in [2.05, 4.69) is 9.72 Å². The van der Waals surface area contributed by atoms with Crippen LogP contribution in [0.4, 0.5) is 8.78 Å². The van der Waals surface area contributed by atoms with Gasteiger partial charge in [-0.1, -0.05) is 36.4 Å². The first-order chi connectivity index (χ1) is 12.8. The van der Waals surface area contributed by atoms with Crippen LogP contribution in [0.1, 0.15) is 27.2 Å². The maximum Gasteiger partial charge on any atom is 0.335 e. The van der Waals surface area contributed by atoms with Gasteiger partial charge < -0.3 is 9.84 Å². The van der Waals surface area contributed by atoms with Crippen molar-refractivity contribution in [1.82, 2.24) is 4.98 Å². The number of nitrogens with zero attached hydrogens (tertiary/aromatic N) is 1. The third-order valence-corrected chi connectivity index (χ3v) is 4.23. The Labute approximate surface area is 153 Å². The van der Waals surface area contributed by atoms with E-state index < -0.39 is 23.6 Å². The summed E-state index contributed by atoms with van der Waals surface area (Å²) >= 11 is 0. The topological polar surface area (TPSA) is 76.5 Å². The summed E-state index contributed by atoms with van der Waals surface area (Å²) in [6.45, 7) is 0. The lowest BCUT2D eigenvalue weighted by Crippen LogP contribution is -2.18. The smallest absolute Gasteiger partial charge is 0.335 e. The molecular weight excluding hydrogens is 356 g/mol. The molecule has 0 bridgehead atoms. The maximum absolute atomic E-state index is 15.1. The quantitative estimate of drug-likeness (QED) is 0.691. The molecule has 0 atom stereocenters. The molecule has 0 spiro atoms. The molecule has 0 aliphatic carbocycles. The molecule has 3 aromatic rings. The van der Waals surface area contributed by atoms with Gasteiger partial charge in [0.1, 0.15) is 5.69 Å². The predicted molar refractivity (Wildman–Crippen MR) is 93.9 cm³/mol. The van der Waals surface area contributed by atoms with Gasteiger partial charge in [0.2, 0.25) is 0 Å². The molecular formula is C20H15F2NO4. The number of methoxy groups -OCH3 is 1. The van der Waals surface area contributed by atoms with Gasteiger partial charge in [0.05, 0.1) is 19.1 Å². The number of ether oxygens (including phenoxy) is 1. The van der Waals surface area contributed by atoms with E-state index in [0.29, 0.717) is 10.9 Å². The number of hydrogen-bond acceptors (Lipinski definition) is 4. The Hall–Kier alpha value is -3.35. The summed E-state index contributed by atoms with van der Waals surface area (Å²) in [7, 11) is 1.25. The number of carbonyl (C=O) groups excluding carboxylic acids is 1. The molecule has 27 heavy (non-hydrogen) atoms. The summed E-state index contributed by atoms with van der Waals surface area (Å²) in [6, 6.07) is 10.8. The first-order valence-corrected chi connectivity index (χ1v) is 8.00. The Bertz CT molecular complexity index is 1020. The minimum atomic E-state index is -3.44. The third kappa shape index (κ3) is 3.48. The summed E-state index contributed by atoms with van der Waals surface area (Å²) in [6.07, 6.45) is 1.16. The number of halogens is 2. The minimum Gasteiger partial charge on any atom is -0.478 e. The number of carboxylic acid groups (broad SMARTS) is 1. The summed E-state index contributed by atoms with van der Waals surface area (Å²) in [5.74, 6) is -5.13. The number of rotatable bonds is 5. The normalized spacial score (nSPS) is 11.4. The second-order valence-electron chi connectivity index (χ2n) is 5.89. The fourth-order valence-corrected chi connectivity index (χ4v) is 2.83. The van der Waals surface area contributed by atoms with Gasteiger partial charge in [-0.2, -0.15) is 8.78 Å². The van der Waals surface area contributed by atoms with E-state index in [4.69, 9.17) is 5.11 Å². The fraction of sp³-hybridized carbons (Fsp3) is 0.150. The van der Waals surface area contributed by atoms with Crippen molar-refractivity contribution in [2.24, 2.45) is 0 Å². The van der Waals surface area contributed by atoms with E-state index in [1.807, 2.05) is 0 Å². The van der Waals surface area contributed by atoms with Crippen molar-refractivity contribution in [2.75, 3.05) is 7.11 Å². The molecule has 0 saturated carbocycles. The van der Waals surface area contributed by atoms with Crippen LogP contribution in [0.5, 0.6) is 0 Å². The number of fused-ring (bicyclic) bond motifs is 1. The molecule has 5 nitrogen and oxygen atoms in total. The minimum absolute atomic E-state index is 0.0802. The SMILES string of the molecule is COC(=O)Cc1cnc(C(F)(F)c2ccc(C(=O)O)cc2)c2ccccc12. The van der Waals surface area contributed by atoms with Crippen LogP contribution in [0, 0.1) is 0 Å². The Morgan fingerprint density at radius 2 is 1.70 bits per heavy atom. The van der Waals surface area contributed by atoms with E-state index in [9.17, 15) is 9.59 Å². The molecule has 0 radical (unpaired) electrons. The number of alkyl halides is 2. The second-order valence-corrected chi connectivity index (χ2v) is 5.89. The summed E-state index contributed by atoms with van der Waals surface area (Å²) in [5.41, 5.74) is -0.431. The zero-order chi connectivity index (χ0) is 19.6. The van der Waals surface area contributed by atoms with Crippen LogP contribution >= 0.6 is 0 Å². The number of pyridine rings is 1. The molecule has 1 aromatic heterocycles. The number of carboxylic acids is 1. The van der Waals surface area contributed by atoms with Crippen LogP contribution in [0.15, 0.2) is 54.7 Å². The third-order valence-electron chi connectivity index (χ3n) is 4.23. The van der Waals surface area contributed by atoms with Gasteiger partial charge in [-0.05, 0) is 23.1 Å². The van der Waals surface area contributed by atoms with E-state index in [0.717, 1.165) is 24.3 Å². The second kappa shape index (κ2) is 7.11. The van der Waals surface area contributed by atoms with E-state index in [1.165, 1.54) is 19.4 Å². The van der Waals surface area contributed by atoms with Crippen LogP contribution in [0.25, 0.3) is 10.8 Å². The van der Waals surface area contributed by atoms with Crippen LogP contribution in [0.3, 0.4) is 0 Å². The molecule has 1 N–H and O–H groups in total. The zero-order valence-corrected chi connectivity index (χ0v) is 14.3. The largest absolute Gasteiger partial charge is 0.478 e. The van der Waals surface area contributed by atoms with Gasteiger partial charge in [0, 0.05) is 17.1 Å². The number of aromatic nitrogens is 1. The predicted octanol–water partition coefficient (Wildman–Crippen LogP) is 3.79. The van der Waals surface area contributed by atoms with Crippen molar-refractivity contribution in [3.8, 4) is 0 Å². The highest BCUT2D eigenvalue weighted by Gasteiger charge is 2.37. The molecule has 0 fully saturated rings. The van der Waals surface area contributed by atoms with Gasteiger partial charge >= 0.3 is 17.9 Å². The summed E-state index contributed by atoms with van der Waals surface area (Å²) < 4.78 is 34.9. The lowest BCUT2D eigenvalue weighted by molar-refractivity contribution is -0.139. The van der Waals surface area contributed by atoms with E-state index in [1.54, 1.807) is 18.2 Å². The molecule has 1 heterocycles. The highest BCUT2D eigenvalue weighted by Crippen LogP contribution is 2.38. The zero-order valence-electron chi connectivity index (χ0n) is 14.3. The van der Waals surface area contributed by atoms with Crippen LogP contribution < -0.4 is 0 Å². The summed E-state index contributed by atoms with van der Waals surface area (Å²) in [5, 5.41) is 9.62. The molecule has 0 saturated heterocycles. The number of carbonyl (C=O) groups is 2. The van der Waals surface area contributed by atoms with Crippen molar-refractivity contribution < 1.29 is 28.2 Å². The van der Waals surface area contributed by atoms with E-state index >= 15 is 8.78 Å². The lowest BCUT2D eigenvalue weighted by atomic mass is 9.96. The molecule has 0 aliphatic heterocycles. The number of esters is 1. The number of aromatic carboxylic acids is 1. The monoisotopic (exact) mass is 371 g/mol. The van der Waals surface area contributed by atoms with Gasteiger partial charge in [0.15, 0.2) is 0 Å². The standard InChI is InChI=1S/C20H15F2NO4/c1-27-17(24)10-13-11-23-18(16-5-3-2-4-15(13)16)20(21,22)14-8-6-12(7-9-14)19(25)26/h2-9,11H,10H2,1H3,(H,25,26). The van der Waals surface area contributed by atoms with Gasteiger partial charge in [0.25, 0.3) is 0 Å². The molecule has 0 amide bonds. The van der Waals surface area contributed by atoms with E-state index in [-0.39, 0.29) is 22.9 Å². The van der Waals surface area contributed by atoms with Crippen molar-refractivity contribution in [3.63, 3.8) is 0 Å². The van der Waals surface area contributed by atoms with Gasteiger partial charge in [-0.15, -0.1) is 0 Å². The summed E-state index contributed by atoms with van der Waals surface area (Å²) in [4.78, 5) is 26.4. The van der Waals surface area contributed by atoms with Crippen LogP contribution in [-0.4, -0.2) is 29.1 Å². The Morgan fingerprint density at radius 1 is 1.07 bits per heavy atom. The van der Waals surface area contributed by atoms with Crippen molar-refractivity contribution >= 4 is 22.7 Å². The lowest BCUT2D eigenvalue weighted by Gasteiger charge is -2.19. The average Bonchev–Trinajstić information content (AvgIpc) is 2.68. The Balaban J connectivity index is 2.11. The highest BCUT2D eigenvalue weighted by atomic mass is 19.3. The molecule has 7 heteroatoms. The molecule has 0 unspecified atom stereocenters. The number of hydrogen-bond donors (Lipinski definition) is 1. The fourth-order valence-electron chi connectivity index (χ4n) is 2.83. The molecule has 0 aliphatic rings. The first-order valence-electron chi connectivity index (χ1n) is 8.00. The highest BCUT2D eigenvalue weighted by molar-refractivity contribution is 5.91. The van der Waals surface area contributed by atoms with Crippen molar-refractivity contribution in [3.05, 3.63) is 77.1 Å². The van der Waals surface area contributed by atoms with Crippen molar-refractivity contribution in [2.45, 2.75) is 12.3 Å². The Kier molecular flexibility index (Phi) is 4.85. The first kappa shape index (κ1) is 18.4. The van der Waals surface area contributed by atoms with Gasteiger partial charge in [-0.25, -0.2) is 4.79 Å². The number of benzene rings is 2.